The van der Waals surface area contributed by atoms with E-state index in [2.05, 4.69) is 0 Å². The van der Waals surface area contributed by atoms with Crippen molar-refractivity contribution in [1.82, 2.24) is 0 Å². The van der Waals surface area contributed by atoms with Crippen molar-refractivity contribution in [3.8, 4) is 0 Å². The average Bonchev–Trinajstić information content (AvgIpc) is 2.16. The van der Waals surface area contributed by atoms with Crippen LogP contribution < -0.4 is 0 Å². The molecular weight excluding hydrogens is 213 g/mol. The number of halogens is 3. The Bertz CT molecular complexity index is 245. The van der Waals surface area contributed by atoms with Crippen LogP contribution in [0.15, 0.2) is 0 Å². The molecule has 0 unspecified atom stereocenters. The van der Waals surface area contributed by atoms with E-state index in [1.165, 1.54) is 0 Å². The Hall–Kier alpha value is -0.780. The van der Waals surface area contributed by atoms with Gasteiger partial charge in [0.25, 0.3) is 5.60 Å². The van der Waals surface area contributed by atoms with Crippen LogP contribution >= 0.6 is 0 Å². The van der Waals surface area contributed by atoms with Gasteiger partial charge in [0.2, 0.25) is 0 Å². The fourth-order valence-corrected chi connectivity index (χ4v) is 2.05. The van der Waals surface area contributed by atoms with Gasteiger partial charge in [0.05, 0.1) is 0 Å². The van der Waals surface area contributed by atoms with Gasteiger partial charge in [0, 0.05) is 5.92 Å². The maximum atomic E-state index is 12.5. The molecule has 2 N–H and O–H groups in total. The second kappa shape index (κ2) is 4.00. The van der Waals surface area contributed by atoms with E-state index < -0.39 is 23.7 Å². The molecule has 0 amide bonds. The lowest BCUT2D eigenvalue weighted by atomic mass is 9.76. The molecule has 6 heteroatoms. The van der Waals surface area contributed by atoms with Gasteiger partial charge in [-0.1, -0.05) is 19.3 Å². The van der Waals surface area contributed by atoms with Gasteiger partial charge in [0.15, 0.2) is 0 Å². The van der Waals surface area contributed by atoms with Gasteiger partial charge in [-0.25, -0.2) is 4.79 Å². The van der Waals surface area contributed by atoms with Crippen LogP contribution in [0.1, 0.15) is 32.1 Å². The monoisotopic (exact) mass is 226 g/mol. The van der Waals surface area contributed by atoms with Crippen LogP contribution in [0, 0.1) is 5.92 Å². The van der Waals surface area contributed by atoms with Crippen molar-refractivity contribution in [2.24, 2.45) is 5.92 Å². The highest BCUT2D eigenvalue weighted by Crippen LogP contribution is 2.42. The molecule has 0 aromatic heterocycles. The van der Waals surface area contributed by atoms with Crippen molar-refractivity contribution in [2.45, 2.75) is 43.9 Å². The van der Waals surface area contributed by atoms with Crippen molar-refractivity contribution >= 4 is 5.97 Å². The number of aliphatic carboxylic acids is 1. The fraction of sp³-hybridized carbons (Fsp3) is 0.889. The summed E-state index contributed by atoms with van der Waals surface area (Å²) in [5.74, 6) is -3.41. The smallest absolute Gasteiger partial charge is 0.428 e. The highest BCUT2D eigenvalue weighted by atomic mass is 19.4. The Morgan fingerprint density at radius 2 is 1.60 bits per heavy atom. The number of hydrogen-bond acceptors (Lipinski definition) is 2. The number of hydrogen-bond donors (Lipinski definition) is 2. The fourth-order valence-electron chi connectivity index (χ4n) is 2.05. The van der Waals surface area contributed by atoms with Gasteiger partial charge in [0.1, 0.15) is 0 Å². The van der Waals surface area contributed by atoms with E-state index in [9.17, 15) is 23.1 Å². The molecule has 1 saturated carbocycles. The summed E-state index contributed by atoms with van der Waals surface area (Å²) in [4.78, 5) is 10.6. The lowest BCUT2D eigenvalue weighted by molar-refractivity contribution is -0.278. The minimum Gasteiger partial charge on any atom is -0.479 e. The second-order valence-corrected chi connectivity index (χ2v) is 3.90. The third-order valence-corrected chi connectivity index (χ3v) is 2.95. The van der Waals surface area contributed by atoms with Gasteiger partial charge < -0.3 is 10.2 Å². The largest absolute Gasteiger partial charge is 0.479 e. The Labute approximate surface area is 84.9 Å². The zero-order valence-corrected chi connectivity index (χ0v) is 8.05. The summed E-state index contributed by atoms with van der Waals surface area (Å²) in [7, 11) is 0. The molecule has 1 aliphatic carbocycles. The van der Waals surface area contributed by atoms with E-state index >= 15 is 0 Å². The molecule has 0 spiro atoms. The number of aliphatic hydroxyl groups is 1. The van der Waals surface area contributed by atoms with Gasteiger partial charge in [-0.05, 0) is 12.8 Å². The van der Waals surface area contributed by atoms with E-state index in [0.29, 0.717) is 12.8 Å². The van der Waals surface area contributed by atoms with Crippen molar-refractivity contribution < 1.29 is 28.2 Å². The summed E-state index contributed by atoms with van der Waals surface area (Å²) in [5.41, 5.74) is -3.58. The van der Waals surface area contributed by atoms with Crippen LogP contribution in [-0.2, 0) is 4.79 Å². The van der Waals surface area contributed by atoms with E-state index in [1.54, 1.807) is 0 Å². The SMILES string of the molecule is O=C(O)[C@@](O)(C1CCCCC1)C(F)(F)F. The first-order valence-electron chi connectivity index (χ1n) is 4.82. The molecule has 1 atom stereocenters. The van der Waals surface area contributed by atoms with E-state index in [1.807, 2.05) is 0 Å². The first-order valence-corrected chi connectivity index (χ1v) is 4.82. The molecule has 0 saturated heterocycles. The van der Waals surface area contributed by atoms with Gasteiger partial charge in [-0.15, -0.1) is 0 Å². The van der Waals surface area contributed by atoms with Crippen LogP contribution in [0.5, 0.6) is 0 Å². The van der Waals surface area contributed by atoms with Crippen molar-refractivity contribution in [3.63, 3.8) is 0 Å². The Balaban J connectivity index is 2.94. The molecule has 0 aromatic rings. The normalized spacial score (nSPS) is 23.5. The molecule has 3 nitrogen and oxygen atoms in total. The third-order valence-electron chi connectivity index (χ3n) is 2.95. The van der Waals surface area contributed by atoms with Crippen LogP contribution in [0.4, 0.5) is 13.2 Å². The van der Waals surface area contributed by atoms with E-state index in [-0.39, 0.29) is 12.8 Å². The van der Waals surface area contributed by atoms with Crippen molar-refractivity contribution in [2.75, 3.05) is 0 Å². The molecule has 15 heavy (non-hydrogen) atoms. The van der Waals surface area contributed by atoms with Crippen LogP contribution in [0.2, 0.25) is 0 Å². The first kappa shape index (κ1) is 12.3. The zero-order valence-electron chi connectivity index (χ0n) is 8.05. The number of alkyl halides is 3. The molecule has 0 aromatic carbocycles. The summed E-state index contributed by atoms with van der Waals surface area (Å²) in [6.45, 7) is 0. The summed E-state index contributed by atoms with van der Waals surface area (Å²) < 4.78 is 37.5. The molecule has 88 valence electrons. The molecule has 0 heterocycles. The molecule has 1 rings (SSSR count). The standard InChI is InChI=1S/C9H13F3O3/c10-9(11,12)8(15,7(13)14)6-4-2-1-3-5-6/h6,15H,1-5H2,(H,13,14)/t8-/m0/s1. The molecular formula is C9H13F3O3. The number of carboxylic acid groups (broad SMARTS) is 1. The molecule has 1 fully saturated rings. The van der Waals surface area contributed by atoms with Crippen LogP contribution in [-0.4, -0.2) is 28.0 Å². The highest BCUT2D eigenvalue weighted by Gasteiger charge is 2.64. The predicted octanol–water partition coefficient (Wildman–Crippen LogP) is 1.94. The second-order valence-electron chi connectivity index (χ2n) is 3.90. The van der Waals surface area contributed by atoms with Crippen molar-refractivity contribution in [3.05, 3.63) is 0 Å². The van der Waals surface area contributed by atoms with Crippen LogP contribution in [0.3, 0.4) is 0 Å². The summed E-state index contributed by atoms with van der Waals surface area (Å²) >= 11 is 0. The number of carbonyl (C=O) groups is 1. The Morgan fingerprint density at radius 3 is 1.93 bits per heavy atom. The molecule has 0 radical (unpaired) electrons. The summed E-state index contributed by atoms with van der Waals surface area (Å²) in [6.07, 6.45) is -3.01. The highest BCUT2D eigenvalue weighted by molar-refractivity contribution is 5.78. The minimum absolute atomic E-state index is 0.113. The maximum Gasteiger partial charge on any atom is 0.428 e. The Kier molecular flexibility index (Phi) is 3.28. The predicted molar refractivity (Wildman–Crippen MR) is 45.2 cm³/mol. The van der Waals surface area contributed by atoms with Crippen molar-refractivity contribution in [1.29, 1.82) is 0 Å². The molecule has 0 bridgehead atoms. The lowest BCUT2D eigenvalue weighted by Gasteiger charge is -2.36. The third kappa shape index (κ3) is 2.09. The quantitative estimate of drug-likeness (QED) is 0.756. The number of carboxylic acids is 1. The van der Waals surface area contributed by atoms with E-state index in [4.69, 9.17) is 5.11 Å². The van der Waals surface area contributed by atoms with Gasteiger partial charge in [-0.2, -0.15) is 13.2 Å². The zero-order chi connectivity index (χ0) is 11.7. The maximum absolute atomic E-state index is 12.5. The average molecular weight is 226 g/mol. The summed E-state index contributed by atoms with van der Waals surface area (Å²) in [5, 5.41) is 17.9. The van der Waals surface area contributed by atoms with Gasteiger partial charge in [-0.3, -0.25) is 0 Å². The minimum atomic E-state index is -5.11. The molecule has 1 aliphatic rings. The summed E-state index contributed by atoms with van der Waals surface area (Å²) in [6, 6.07) is 0. The van der Waals surface area contributed by atoms with Crippen LogP contribution in [0.25, 0.3) is 0 Å². The Morgan fingerprint density at radius 1 is 1.13 bits per heavy atom. The first-order chi connectivity index (χ1) is 6.80. The lowest BCUT2D eigenvalue weighted by Crippen LogP contribution is -2.57. The van der Waals surface area contributed by atoms with E-state index in [0.717, 1.165) is 6.42 Å². The topological polar surface area (TPSA) is 57.5 Å². The van der Waals surface area contributed by atoms with Gasteiger partial charge >= 0.3 is 12.1 Å². The number of rotatable bonds is 2. The molecule has 0 aliphatic heterocycles.